The van der Waals surface area contributed by atoms with Gasteiger partial charge in [-0.2, -0.15) is 0 Å². The van der Waals surface area contributed by atoms with E-state index in [0.29, 0.717) is 6.54 Å². The van der Waals surface area contributed by atoms with Crippen molar-refractivity contribution in [1.29, 1.82) is 0 Å². The largest absolute Gasteiger partial charge is 0.375 e. The molecule has 0 atom stereocenters. The van der Waals surface area contributed by atoms with Gasteiger partial charge in [0.15, 0.2) is 0 Å². The molecule has 104 valence electrons. The molecule has 0 radical (unpaired) electrons. The zero-order valence-corrected chi connectivity index (χ0v) is 11.3. The van der Waals surface area contributed by atoms with Gasteiger partial charge < -0.3 is 5.32 Å². The van der Waals surface area contributed by atoms with Crippen LogP contribution < -0.4 is 5.32 Å². The summed E-state index contributed by atoms with van der Waals surface area (Å²) in [5.41, 5.74) is 1.69. The van der Waals surface area contributed by atoms with Crippen LogP contribution in [0.15, 0.2) is 30.6 Å². The number of rotatable bonds is 4. The number of aromatic nitrogens is 1. The predicted octanol–water partition coefficient (Wildman–Crippen LogP) is 3.70. The second-order valence-electron chi connectivity index (χ2n) is 4.20. The highest BCUT2D eigenvalue weighted by Crippen LogP contribution is 2.30. The quantitative estimate of drug-likeness (QED) is 0.690. The fraction of sp³-hybridized carbons (Fsp3) is 0.154. The number of benzene rings is 1. The number of nitro benzene ring substituents is 1. The molecule has 0 aliphatic carbocycles. The van der Waals surface area contributed by atoms with Crippen molar-refractivity contribution in [2.75, 3.05) is 5.32 Å². The molecule has 0 unspecified atom stereocenters. The Kier molecular flexibility index (Phi) is 4.14. The number of hydrogen-bond donors (Lipinski definition) is 1. The van der Waals surface area contributed by atoms with Gasteiger partial charge in [0.2, 0.25) is 0 Å². The number of halogens is 2. The van der Waals surface area contributed by atoms with Crippen LogP contribution in [0.2, 0.25) is 5.02 Å². The summed E-state index contributed by atoms with van der Waals surface area (Å²) in [4.78, 5) is 14.3. The number of hydrogen-bond acceptors (Lipinski definition) is 4. The van der Waals surface area contributed by atoms with E-state index in [0.717, 1.165) is 23.3 Å². The van der Waals surface area contributed by atoms with Crippen LogP contribution in [0, 0.1) is 22.9 Å². The van der Waals surface area contributed by atoms with Crippen LogP contribution in [0.25, 0.3) is 0 Å². The van der Waals surface area contributed by atoms with Gasteiger partial charge in [0, 0.05) is 31.1 Å². The average Bonchev–Trinajstić information content (AvgIpc) is 2.41. The molecule has 7 heteroatoms. The number of nitrogens with one attached hydrogen (secondary N) is 1. The van der Waals surface area contributed by atoms with Gasteiger partial charge in [-0.05, 0) is 24.1 Å². The molecule has 1 aromatic heterocycles. The Morgan fingerprint density at radius 1 is 1.50 bits per heavy atom. The van der Waals surface area contributed by atoms with Crippen molar-refractivity contribution in [2.45, 2.75) is 13.5 Å². The summed E-state index contributed by atoms with van der Waals surface area (Å²) >= 11 is 5.56. The van der Waals surface area contributed by atoms with Gasteiger partial charge in [0.1, 0.15) is 11.5 Å². The van der Waals surface area contributed by atoms with Crippen molar-refractivity contribution < 1.29 is 9.31 Å². The lowest BCUT2D eigenvalue weighted by Gasteiger charge is -2.09. The van der Waals surface area contributed by atoms with Crippen LogP contribution in [-0.2, 0) is 6.54 Å². The summed E-state index contributed by atoms with van der Waals surface area (Å²) in [7, 11) is 0. The fourth-order valence-corrected chi connectivity index (χ4v) is 1.88. The molecule has 0 fully saturated rings. The number of nitro groups is 1. The Balaban J connectivity index is 2.27. The molecule has 5 nitrogen and oxygen atoms in total. The lowest BCUT2D eigenvalue weighted by molar-refractivity contribution is -0.384. The fourth-order valence-electron chi connectivity index (χ4n) is 1.72. The van der Waals surface area contributed by atoms with Gasteiger partial charge in [-0.25, -0.2) is 4.39 Å². The van der Waals surface area contributed by atoms with Gasteiger partial charge in [0.25, 0.3) is 5.69 Å². The Bertz CT molecular complexity index is 664. The van der Waals surface area contributed by atoms with Gasteiger partial charge >= 0.3 is 0 Å². The van der Waals surface area contributed by atoms with Crippen molar-refractivity contribution in [3.63, 3.8) is 0 Å². The Labute approximate surface area is 119 Å². The molecule has 1 N–H and O–H groups in total. The molecule has 0 saturated carbocycles. The Morgan fingerprint density at radius 3 is 2.90 bits per heavy atom. The summed E-state index contributed by atoms with van der Waals surface area (Å²) in [5.74, 6) is -0.703. The minimum absolute atomic E-state index is 0.0908. The number of pyridine rings is 1. The molecule has 1 aromatic carbocycles. The average molecular weight is 296 g/mol. The molecule has 2 rings (SSSR count). The van der Waals surface area contributed by atoms with Crippen molar-refractivity contribution in [3.05, 3.63) is 62.7 Å². The van der Waals surface area contributed by atoms with Gasteiger partial charge in [-0.3, -0.25) is 15.1 Å². The van der Waals surface area contributed by atoms with E-state index >= 15 is 0 Å². The molecule has 0 spiro atoms. The first kappa shape index (κ1) is 14.2. The van der Waals surface area contributed by atoms with Crippen LogP contribution >= 0.6 is 11.6 Å². The van der Waals surface area contributed by atoms with Crippen LogP contribution in [0.1, 0.15) is 11.1 Å². The first-order valence-corrected chi connectivity index (χ1v) is 6.13. The number of nitrogens with zero attached hydrogens (tertiary/aromatic N) is 2. The Morgan fingerprint density at radius 2 is 2.25 bits per heavy atom. The van der Waals surface area contributed by atoms with Crippen molar-refractivity contribution >= 4 is 23.0 Å². The maximum atomic E-state index is 13.4. The second-order valence-corrected chi connectivity index (χ2v) is 4.60. The highest BCUT2D eigenvalue weighted by molar-refractivity contribution is 6.31. The van der Waals surface area contributed by atoms with E-state index in [2.05, 4.69) is 10.3 Å². The normalized spacial score (nSPS) is 10.3. The molecule has 1 heterocycles. The third-order valence-corrected chi connectivity index (χ3v) is 3.13. The van der Waals surface area contributed by atoms with Crippen LogP contribution in [0.5, 0.6) is 0 Å². The zero-order valence-electron chi connectivity index (χ0n) is 10.6. The second kappa shape index (κ2) is 5.83. The molecule has 0 amide bonds. The monoisotopic (exact) mass is 295 g/mol. The first-order valence-electron chi connectivity index (χ1n) is 5.76. The Hall–Kier alpha value is -2.21. The maximum Gasteiger partial charge on any atom is 0.294 e. The summed E-state index contributed by atoms with van der Waals surface area (Å²) in [6.45, 7) is 2.21. The summed E-state index contributed by atoms with van der Waals surface area (Å²) in [5, 5.41) is 13.5. The molecule has 0 bridgehead atoms. The highest BCUT2D eigenvalue weighted by Gasteiger charge is 2.17. The van der Waals surface area contributed by atoms with Gasteiger partial charge in [0.05, 0.1) is 9.95 Å². The van der Waals surface area contributed by atoms with Gasteiger partial charge in [-0.15, -0.1) is 0 Å². The minimum atomic E-state index is -0.703. The molecule has 0 aliphatic rings. The van der Waals surface area contributed by atoms with E-state index in [-0.39, 0.29) is 16.4 Å². The smallest absolute Gasteiger partial charge is 0.294 e. The maximum absolute atomic E-state index is 13.4. The molecule has 2 aromatic rings. The van der Waals surface area contributed by atoms with Crippen molar-refractivity contribution in [1.82, 2.24) is 4.98 Å². The highest BCUT2D eigenvalue weighted by atomic mass is 35.5. The SMILES string of the molecule is Cc1cnccc1CNc1cc(F)c(Cl)cc1[N+](=O)[O-]. The predicted molar refractivity (Wildman–Crippen MR) is 74.4 cm³/mol. The first-order chi connectivity index (χ1) is 9.49. The van der Waals surface area contributed by atoms with E-state index in [9.17, 15) is 14.5 Å². The van der Waals surface area contributed by atoms with E-state index in [1.807, 2.05) is 6.92 Å². The molecular weight excluding hydrogens is 285 g/mol. The topological polar surface area (TPSA) is 68.1 Å². The lowest BCUT2D eigenvalue weighted by Crippen LogP contribution is -2.05. The summed E-state index contributed by atoms with van der Waals surface area (Å²) < 4.78 is 13.4. The van der Waals surface area contributed by atoms with E-state index in [1.165, 1.54) is 0 Å². The minimum Gasteiger partial charge on any atom is -0.375 e. The van der Waals surface area contributed by atoms with E-state index in [1.54, 1.807) is 18.5 Å². The molecule has 20 heavy (non-hydrogen) atoms. The molecular formula is C13H11ClFN3O2. The molecule has 0 aliphatic heterocycles. The molecule has 0 saturated heterocycles. The van der Waals surface area contributed by atoms with Gasteiger partial charge in [-0.1, -0.05) is 11.6 Å². The van der Waals surface area contributed by atoms with E-state index in [4.69, 9.17) is 11.6 Å². The van der Waals surface area contributed by atoms with E-state index < -0.39 is 10.7 Å². The standard InChI is InChI=1S/C13H11ClFN3O2/c1-8-6-16-3-2-9(8)7-17-12-5-11(15)10(14)4-13(12)18(19)20/h2-6,17H,7H2,1H3. The van der Waals surface area contributed by atoms with Crippen LogP contribution in [0.3, 0.4) is 0 Å². The third kappa shape index (κ3) is 3.03. The number of aryl methyl sites for hydroxylation is 1. The number of anilines is 1. The summed E-state index contributed by atoms with van der Waals surface area (Å²) in [6.07, 6.45) is 3.31. The lowest BCUT2D eigenvalue weighted by atomic mass is 10.1. The summed E-state index contributed by atoms with van der Waals surface area (Å²) in [6, 6.07) is 3.82. The van der Waals surface area contributed by atoms with Crippen molar-refractivity contribution in [3.8, 4) is 0 Å². The third-order valence-electron chi connectivity index (χ3n) is 2.84. The zero-order chi connectivity index (χ0) is 14.7. The van der Waals surface area contributed by atoms with Crippen molar-refractivity contribution in [2.24, 2.45) is 0 Å². The van der Waals surface area contributed by atoms with Crippen LogP contribution in [0.4, 0.5) is 15.8 Å². The van der Waals surface area contributed by atoms with Crippen LogP contribution in [-0.4, -0.2) is 9.91 Å².